The zero-order valence-electron chi connectivity index (χ0n) is 10.8. The van der Waals surface area contributed by atoms with E-state index in [-0.39, 0.29) is 12.0 Å². The van der Waals surface area contributed by atoms with Crippen molar-refractivity contribution in [2.24, 2.45) is 0 Å². The van der Waals surface area contributed by atoms with Gasteiger partial charge in [-0.15, -0.1) is 0 Å². The van der Waals surface area contributed by atoms with Crippen LogP contribution in [0.3, 0.4) is 0 Å². The molecule has 1 saturated carbocycles. The maximum absolute atomic E-state index is 12.0. The molecule has 1 amide bonds. The summed E-state index contributed by atoms with van der Waals surface area (Å²) in [5.74, 6) is 0.260. The molecule has 0 aromatic rings. The lowest BCUT2D eigenvalue weighted by Gasteiger charge is -2.24. The van der Waals surface area contributed by atoms with Crippen molar-refractivity contribution in [1.82, 2.24) is 10.2 Å². The molecule has 4 heteroatoms. The van der Waals surface area contributed by atoms with E-state index < -0.39 is 0 Å². The van der Waals surface area contributed by atoms with Gasteiger partial charge in [-0.3, -0.25) is 4.79 Å². The number of nitrogens with zero attached hydrogens (tertiary/aromatic N) is 1. The highest BCUT2D eigenvalue weighted by atomic mass is 16.5. The molecule has 1 saturated heterocycles. The van der Waals surface area contributed by atoms with Crippen molar-refractivity contribution in [2.45, 2.75) is 51.2 Å². The predicted octanol–water partition coefficient (Wildman–Crippen LogP) is 1.16. The Morgan fingerprint density at radius 2 is 2.24 bits per heavy atom. The van der Waals surface area contributed by atoms with Crippen LogP contribution in [-0.2, 0) is 9.53 Å². The van der Waals surface area contributed by atoms with Gasteiger partial charge in [0.15, 0.2) is 0 Å². The number of amides is 1. The molecule has 0 radical (unpaired) electrons. The summed E-state index contributed by atoms with van der Waals surface area (Å²) in [5.41, 5.74) is 0. The Bertz CT molecular complexity index is 248. The third-order valence-electron chi connectivity index (χ3n) is 3.53. The molecular weight excluding hydrogens is 216 g/mol. The third-order valence-corrected chi connectivity index (χ3v) is 3.53. The number of carbonyl (C=O) groups excluding carboxylic acids is 1. The summed E-state index contributed by atoms with van der Waals surface area (Å²) in [7, 11) is 0. The maximum atomic E-state index is 12.0. The maximum Gasteiger partial charge on any atom is 0.223 e. The minimum absolute atomic E-state index is 0.260. The van der Waals surface area contributed by atoms with Crippen LogP contribution in [0.4, 0.5) is 0 Å². The molecule has 98 valence electrons. The minimum Gasteiger partial charge on any atom is -0.376 e. The summed E-state index contributed by atoms with van der Waals surface area (Å²) < 4.78 is 5.58. The van der Waals surface area contributed by atoms with Crippen LogP contribution in [0.5, 0.6) is 0 Å². The van der Waals surface area contributed by atoms with Crippen LogP contribution in [0, 0.1) is 0 Å². The van der Waals surface area contributed by atoms with Crippen molar-refractivity contribution >= 4 is 5.91 Å². The number of hydrogen-bond donors (Lipinski definition) is 1. The zero-order chi connectivity index (χ0) is 12.1. The van der Waals surface area contributed by atoms with Crippen LogP contribution in [0.1, 0.15) is 39.0 Å². The molecule has 0 bridgehead atoms. The fourth-order valence-corrected chi connectivity index (χ4v) is 2.27. The summed E-state index contributed by atoms with van der Waals surface area (Å²) in [4.78, 5) is 13.9. The molecule has 2 fully saturated rings. The Labute approximate surface area is 104 Å². The van der Waals surface area contributed by atoms with Gasteiger partial charge in [-0.1, -0.05) is 0 Å². The number of ether oxygens (including phenoxy) is 1. The van der Waals surface area contributed by atoms with Crippen molar-refractivity contribution in [3.05, 3.63) is 0 Å². The van der Waals surface area contributed by atoms with Gasteiger partial charge in [-0.05, 0) is 32.6 Å². The summed E-state index contributed by atoms with van der Waals surface area (Å²) >= 11 is 0. The standard InChI is InChI=1S/C13H24N2O2/c1-2-15(10-12-4-3-9-17-12)13(16)7-8-14-11-5-6-11/h11-12,14H,2-10H2,1H3. The molecular formula is C13H24N2O2. The number of carbonyl (C=O) groups is 1. The lowest BCUT2D eigenvalue weighted by atomic mass is 10.2. The molecule has 1 unspecified atom stereocenters. The van der Waals surface area contributed by atoms with Gasteiger partial charge in [0.1, 0.15) is 0 Å². The van der Waals surface area contributed by atoms with Crippen molar-refractivity contribution < 1.29 is 9.53 Å². The van der Waals surface area contributed by atoms with E-state index in [1.165, 1.54) is 12.8 Å². The molecule has 0 aromatic heterocycles. The second kappa shape index (κ2) is 6.36. The topological polar surface area (TPSA) is 41.6 Å². The molecule has 1 heterocycles. The van der Waals surface area contributed by atoms with E-state index in [0.717, 1.165) is 39.1 Å². The summed E-state index contributed by atoms with van der Waals surface area (Å²) in [5, 5.41) is 3.38. The highest BCUT2D eigenvalue weighted by molar-refractivity contribution is 5.76. The average Bonchev–Trinajstić information content (AvgIpc) is 3.01. The van der Waals surface area contributed by atoms with E-state index in [1.807, 2.05) is 11.8 Å². The van der Waals surface area contributed by atoms with Crippen molar-refractivity contribution in [2.75, 3.05) is 26.2 Å². The molecule has 1 atom stereocenters. The van der Waals surface area contributed by atoms with Crippen molar-refractivity contribution in [1.29, 1.82) is 0 Å². The lowest BCUT2D eigenvalue weighted by molar-refractivity contribution is -0.132. The van der Waals surface area contributed by atoms with E-state index >= 15 is 0 Å². The monoisotopic (exact) mass is 240 g/mol. The van der Waals surface area contributed by atoms with Gasteiger partial charge in [-0.2, -0.15) is 0 Å². The molecule has 1 N–H and O–H groups in total. The molecule has 1 aliphatic carbocycles. The largest absolute Gasteiger partial charge is 0.376 e. The third kappa shape index (κ3) is 4.28. The van der Waals surface area contributed by atoms with Gasteiger partial charge < -0.3 is 15.0 Å². The van der Waals surface area contributed by atoms with Crippen molar-refractivity contribution in [3.63, 3.8) is 0 Å². The van der Waals surface area contributed by atoms with Crippen LogP contribution in [-0.4, -0.2) is 49.2 Å². The Morgan fingerprint density at radius 1 is 1.41 bits per heavy atom. The molecule has 2 aliphatic rings. The van der Waals surface area contributed by atoms with Gasteiger partial charge in [0.05, 0.1) is 6.10 Å². The first kappa shape index (κ1) is 12.8. The molecule has 1 aliphatic heterocycles. The van der Waals surface area contributed by atoms with Gasteiger partial charge in [0.25, 0.3) is 0 Å². The smallest absolute Gasteiger partial charge is 0.223 e. The number of nitrogens with one attached hydrogen (secondary N) is 1. The second-order valence-corrected chi connectivity index (χ2v) is 5.05. The fourth-order valence-electron chi connectivity index (χ4n) is 2.27. The zero-order valence-corrected chi connectivity index (χ0v) is 10.8. The van der Waals surface area contributed by atoms with E-state index in [0.29, 0.717) is 12.5 Å². The molecule has 0 spiro atoms. The van der Waals surface area contributed by atoms with E-state index in [9.17, 15) is 4.79 Å². The first-order valence-electron chi connectivity index (χ1n) is 6.92. The number of rotatable bonds is 7. The second-order valence-electron chi connectivity index (χ2n) is 5.05. The van der Waals surface area contributed by atoms with Gasteiger partial charge in [0, 0.05) is 38.7 Å². The van der Waals surface area contributed by atoms with Gasteiger partial charge >= 0.3 is 0 Å². The van der Waals surface area contributed by atoms with E-state index in [2.05, 4.69) is 5.32 Å². The van der Waals surface area contributed by atoms with E-state index in [1.54, 1.807) is 0 Å². The molecule has 0 aromatic carbocycles. The van der Waals surface area contributed by atoms with Gasteiger partial charge in [-0.25, -0.2) is 0 Å². The Morgan fingerprint density at radius 3 is 2.82 bits per heavy atom. The fraction of sp³-hybridized carbons (Fsp3) is 0.923. The summed E-state index contributed by atoms with van der Waals surface area (Å²) in [6.07, 6.45) is 5.69. The normalized spacial score (nSPS) is 23.9. The molecule has 2 rings (SSSR count). The SMILES string of the molecule is CCN(CC1CCCO1)C(=O)CCNC1CC1. The highest BCUT2D eigenvalue weighted by Crippen LogP contribution is 2.18. The van der Waals surface area contributed by atoms with Crippen LogP contribution in [0.25, 0.3) is 0 Å². The van der Waals surface area contributed by atoms with E-state index in [4.69, 9.17) is 4.74 Å². The van der Waals surface area contributed by atoms with Gasteiger partial charge in [0.2, 0.25) is 5.91 Å². The van der Waals surface area contributed by atoms with Crippen LogP contribution >= 0.6 is 0 Å². The lowest BCUT2D eigenvalue weighted by Crippen LogP contribution is -2.38. The van der Waals surface area contributed by atoms with Crippen LogP contribution in [0.15, 0.2) is 0 Å². The Hall–Kier alpha value is -0.610. The minimum atomic E-state index is 0.260. The molecule has 17 heavy (non-hydrogen) atoms. The van der Waals surface area contributed by atoms with Crippen molar-refractivity contribution in [3.8, 4) is 0 Å². The first-order valence-corrected chi connectivity index (χ1v) is 6.92. The molecule has 4 nitrogen and oxygen atoms in total. The van der Waals surface area contributed by atoms with Crippen LogP contribution < -0.4 is 5.32 Å². The summed E-state index contributed by atoms with van der Waals surface area (Å²) in [6.45, 7) is 5.30. The highest BCUT2D eigenvalue weighted by Gasteiger charge is 2.23. The number of likely N-dealkylation sites (N-methyl/N-ethyl adjacent to an activating group) is 1. The number of hydrogen-bond acceptors (Lipinski definition) is 3. The average molecular weight is 240 g/mol. The Kier molecular flexibility index (Phi) is 4.80. The Balaban J connectivity index is 1.65. The predicted molar refractivity (Wildman–Crippen MR) is 66.9 cm³/mol. The first-order chi connectivity index (χ1) is 8.29. The summed E-state index contributed by atoms with van der Waals surface area (Å²) in [6, 6.07) is 0.691. The quantitative estimate of drug-likeness (QED) is 0.726. The van der Waals surface area contributed by atoms with Crippen LogP contribution in [0.2, 0.25) is 0 Å².